The van der Waals surface area contributed by atoms with Crippen LogP contribution in [0.5, 0.6) is 0 Å². The van der Waals surface area contributed by atoms with E-state index >= 15 is 0 Å². The maximum Gasteiger partial charge on any atom is 0.316 e. The van der Waals surface area contributed by atoms with Crippen molar-refractivity contribution >= 4 is 45.7 Å². The van der Waals surface area contributed by atoms with E-state index in [0.717, 1.165) is 0 Å². The smallest absolute Gasteiger partial charge is 0.316 e. The van der Waals surface area contributed by atoms with Gasteiger partial charge in [-0.25, -0.2) is 0 Å². The van der Waals surface area contributed by atoms with Crippen molar-refractivity contribution in [2.24, 2.45) is 5.92 Å². The normalized spacial score (nSPS) is 11.4. The molecule has 1 atom stereocenters. The summed E-state index contributed by atoms with van der Waals surface area (Å²) >= 11 is 1.24. The van der Waals surface area contributed by atoms with Crippen molar-refractivity contribution in [3.05, 3.63) is 12.7 Å². The van der Waals surface area contributed by atoms with Crippen molar-refractivity contribution in [1.82, 2.24) is 0 Å². The fraction of sp³-hybridized carbons (Fsp3) is 0.455. The minimum absolute atomic E-state index is 0.110. The standard InChI is InChI=1S/C11H14O6S2/c1-3-4-7(10(15)18-5-8(12)13)11(16)19-6-9(14)17-2/h3,7H,1,4-6H2,2H3,(H,12,13). The highest BCUT2D eigenvalue weighted by atomic mass is 32.2. The monoisotopic (exact) mass is 306 g/mol. The Morgan fingerprint density at radius 3 is 2.16 bits per heavy atom. The lowest BCUT2D eigenvalue weighted by Gasteiger charge is -2.10. The van der Waals surface area contributed by atoms with E-state index in [1.165, 1.54) is 13.2 Å². The molecule has 106 valence electrons. The van der Waals surface area contributed by atoms with Gasteiger partial charge in [-0.3, -0.25) is 19.2 Å². The SMILES string of the molecule is C=CCC(C(=O)SCC(=O)O)C(=O)SCC(=O)OC. The molecule has 8 heteroatoms. The third-order valence-corrected chi connectivity index (χ3v) is 3.78. The largest absolute Gasteiger partial charge is 0.481 e. The van der Waals surface area contributed by atoms with Crippen LogP contribution in [0.3, 0.4) is 0 Å². The third kappa shape index (κ3) is 7.68. The summed E-state index contributed by atoms with van der Waals surface area (Å²) in [7, 11) is 1.20. The van der Waals surface area contributed by atoms with Crippen LogP contribution >= 0.6 is 23.5 Å². The summed E-state index contributed by atoms with van der Waals surface area (Å²) < 4.78 is 4.38. The molecule has 1 N–H and O–H groups in total. The average Bonchev–Trinajstić information content (AvgIpc) is 2.38. The number of hydrogen-bond donors (Lipinski definition) is 1. The summed E-state index contributed by atoms with van der Waals surface area (Å²) in [6.45, 7) is 3.44. The quantitative estimate of drug-likeness (QED) is 0.402. The minimum Gasteiger partial charge on any atom is -0.481 e. The number of rotatable bonds is 8. The molecule has 1 unspecified atom stereocenters. The van der Waals surface area contributed by atoms with Crippen molar-refractivity contribution in [2.45, 2.75) is 6.42 Å². The molecule has 0 aliphatic carbocycles. The second-order valence-corrected chi connectivity index (χ2v) is 5.22. The molecule has 0 aromatic heterocycles. The highest BCUT2D eigenvalue weighted by Crippen LogP contribution is 2.22. The lowest BCUT2D eigenvalue weighted by Crippen LogP contribution is -2.21. The number of methoxy groups -OCH3 is 1. The van der Waals surface area contributed by atoms with E-state index in [1.54, 1.807) is 0 Å². The number of carbonyl (C=O) groups excluding carboxylic acids is 3. The predicted molar refractivity (Wildman–Crippen MR) is 72.9 cm³/mol. The van der Waals surface area contributed by atoms with Gasteiger partial charge in [0.25, 0.3) is 0 Å². The summed E-state index contributed by atoms with van der Waals surface area (Å²) in [5.74, 6) is -3.27. The van der Waals surface area contributed by atoms with E-state index in [-0.39, 0.29) is 12.2 Å². The van der Waals surface area contributed by atoms with Crippen LogP contribution in [0.2, 0.25) is 0 Å². The topological polar surface area (TPSA) is 97.7 Å². The van der Waals surface area contributed by atoms with Gasteiger partial charge < -0.3 is 9.84 Å². The second-order valence-electron chi connectivity index (χ2n) is 3.26. The van der Waals surface area contributed by atoms with E-state index in [4.69, 9.17) is 5.11 Å². The molecule has 0 bridgehead atoms. The number of hydrogen-bond acceptors (Lipinski definition) is 7. The van der Waals surface area contributed by atoms with Gasteiger partial charge in [0.1, 0.15) is 5.92 Å². The summed E-state index contributed by atoms with van der Waals surface area (Å²) in [6, 6.07) is 0. The van der Waals surface area contributed by atoms with Crippen LogP contribution in [0.1, 0.15) is 6.42 Å². The van der Waals surface area contributed by atoms with E-state index in [0.29, 0.717) is 23.5 Å². The molecule has 0 radical (unpaired) electrons. The van der Waals surface area contributed by atoms with Crippen molar-refractivity contribution in [2.75, 3.05) is 18.6 Å². The molecule has 0 saturated heterocycles. The molecule has 6 nitrogen and oxygen atoms in total. The van der Waals surface area contributed by atoms with E-state index < -0.39 is 33.8 Å². The highest BCUT2D eigenvalue weighted by molar-refractivity contribution is 8.16. The Bertz CT molecular complexity index is 379. The molecule has 0 aromatic carbocycles. The number of ether oxygens (including phenoxy) is 1. The molecule has 0 spiro atoms. The molecule has 0 aliphatic rings. The van der Waals surface area contributed by atoms with Crippen LogP contribution < -0.4 is 0 Å². The van der Waals surface area contributed by atoms with Gasteiger partial charge in [0.15, 0.2) is 0 Å². The molecule has 0 aromatic rings. The van der Waals surface area contributed by atoms with Crippen LogP contribution in [0.15, 0.2) is 12.7 Å². The Hall–Kier alpha value is -1.28. The molecule has 0 aliphatic heterocycles. The number of esters is 1. The zero-order valence-corrected chi connectivity index (χ0v) is 11.9. The molecule has 0 rings (SSSR count). The first-order valence-electron chi connectivity index (χ1n) is 5.15. The molecular weight excluding hydrogens is 292 g/mol. The number of carboxylic acid groups (broad SMARTS) is 1. The molecular formula is C11H14O6S2. The first-order valence-corrected chi connectivity index (χ1v) is 7.12. The molecule has 0 heterocycles. The number of carboxylic acids is 1. The molecule has 19 heavy (non-hydrogen) atoms. The number of aliphatic carboxylic acids is 1. The summed E-state index contributed by atoms with van der Waals surface area (Å²) in [5, 5.41) is 7.45. The van der Waals surface area contributed by atoms with Crippen molar-refractivity contribution < 1.29 is 29.0 Å². The van der Waals surface area contributed by atoms with Gasteiger partial charge in [-0.1, -0.05) is 29.6 Å². The fourth-order valence-electron chi connectivity index (χ4n) is 0.978. The van der Waals surface area contributed by atoms with E-state index in [2.05, 4.69) is 11.3 Å². The maximum absolute atomic E-state index is 11.8. The van der Waals surface area contributed by atoms with Gasteiger partial charge in [0.05, 0.1) is 18.6 Å². The first kappa shape index (κ1) is 17.7. The van der Waals surface area contributed by atoms with Crippen molar-refractivity contribution in [3.8, 4) is 0 Å². The van der Waals surface area contributed by atoms with Crippen molar-refractivity contribution in [1.29, 1.82) is 0 Å². The Labute approximate surface area is 118 Å². The second kappa shape index (κ2) is 9.62. The van der Waals surface area contributed by atoms with Gasteiger partial charge in [-0.2, -0.15) is 0 Å². The fourth-order valence-corrected chi connectivity index (χ4v) is 2.51. The van der Waals surface area contributed by atoms with Gasteiger partial charge in [-0.15, -0.1) is 6.58 Å². The van der Waals surface area contributed by atoms with Crippen LogP contribution in [0, 0.1) is 5.92 Å². The van der Waals surface area contributed by atoms with Crippen molar-refractivity contribution in [3.63, 3.8) is 0 Å². The first-order chi connectivity index (χ1) is 8.92. The Balaban J connectivity index is 4.47. The zero-order valence-electron chi connectivity index (χ0n) is 10.3. The molecule has 0 saturated carbocycles. The zero-order chi connectivity index (χ0) is 14.8. The molecule has 0 fully saturated rings. The number of thioether (sulfide) groups is 2. The Morgan fingerprint density at radius 2 is 1.74 bits per heavy atom. The average molecular weight is 306 g/mol. The van der Waals surface area contributed by atoms with Gasteiger partial charge in [0.2, 0.25) is 10.2 Å². The van der Waals surface area contributed by atoms with Crippen LogP contribution in [0.4, 0.5) is 0 Å². The van der Waals surface area contributed by atoms with Crippen LogP contribution in [-0.4, -0.2) is 45.9 Å². The van der Waals surface area contributed by atoms with Crippen LogP contribution in [0.25, 0.3) is 0 Å². The highest BCUT2D eigenvalue weighted by Gasteiger charge is 2.27. The van der Waals surface area contributed by atoms with Gasteiger partial charge >= 0.3 is 11.9 Å². The minimum atomic E-state index is -1.13. The predicted octanol–water partition coefficient (Wildman–Crippen LogP) is 0.956. The van der Waals surface area contributed by atoms with Gasteiger partial charge in [-0.05, 0) is 6.42 Å². The lowest BCUT2D eigenvalue weighted by molar-refractivity contribution is -0.137. The Kier molecular flexibility index (Phi) is 8.98. The Morgan fingerprint density at radius 1 is 1.21 bits per heavy atom. The van der Waals surface area contributed by atoms with E-state index in [1.807, 2.05) is 0 Å². The third-order valence-electron chi connectivity index (χ3n) is 1.87. The van der Waals surface area contributed by atoms with E-state index in [9.17, 15) is 19.2 Å². The van der Waals surface area contributed by atoms with Crippen LogP contribution in [-0.2, 0) is 23.9 Å². The van der Waals surface area contributed by atoms with Gasteiger partial charge in [0, 0.05) is 0 Å². The lowest BCUT2D eigenvalue weighted by atomic mass is 10.1. The summed E-state index contributed by atoms with van der Waals surface area (Å²) in [6.07, 6.45) is 1.51. The summed E-state index contributed by atoms with van der Waals surface area (Å²) in [4.78, 5) is 44.7. The molecule has 0 amide bonds. The maximum atomic E-state index is 11.8. The summed E-state index contributed by atoms with van der Waals surface area (Å²) in [5.41, 5.74) is 0. The number of allylic oxidation sites excluding steroid dienone is 1. The number of carbonyl (C=O) groups is 4.